The molecule has 4 heteroatoms. The van der Waals surface area contributed by atoms with Gasteiger partial charge in [-0.2, -0.15) is 0 Å². The van der Waals surface area contributed by atoms with Crippen LogP contribution in [0.4, 0.5) is 0 Å². The van der Waals surface area contributed by atoms with Crippen molar-refractivity contribution < 1.29 is 19.0 Å². The molecule has 0 saturated carbocycles. The molecule has 0 aromatic heterocycles. The summed E-state index contributed by atoms with van der Waals surface area (Å²) in [6.07, 6.45) is 1.48. The molecule has 0 atom stereocenters. The zero-order valence-electron chi connectivity index (χ0n) is 14.2. The van der Waals surface area contributed by atoms with Crippen LogP contribution in [0.15, 0.2) is 54.6 Å². The van der Waals surface area contributed by atoms with Crippen molar-refractivity contribution in [3.05, 3.63) is 65.7 Å². The number of hydrogen-bond acceptors (Lipinski definition) is 4. The molecule has 2 rings (SSSR count). The molecule has 0 saturated heterocycles. The molecule has 0 aliphatic carbocycles. The van der Waals surface area contributed by atoms with Crippen molar-refractivity contribution in [1.29, 1.82) is 0 Å². The van der Waals surface area contributed by atoms with Gasteiger partial charge in [0, 0.05) is 6.08 Å². The fraction of sp³-hybridized carbons (Fsp3) is 0.250. The molecule has 0 spiro atoms. The van der Waals surface area contributed by atoms with Gasteiger partial charge in [0.25, 0.3) is 0 Å². The minimum absolute atomic E-state index is 0.349. The van der Waals surface area contributed by atoms with Crippen molar-refractivity contribution in [2.75, 3.05) is 13.7 Å². The third kappa shape index (κ3) is 4.88. The summed E-state index contributed by atoms with van der Waals surface area (Å²) in [7, 11) is 1.60. The number of esters is 1. The lowest BCUT2D eigenvalue weighted by Crippen LogP contribution is -2.01. The molecular weight excluding hydrogens is 304 g/mol. The van der Waals surface area contributed by atoms with Gasteiger partial charge in [-0.05, 0) is 42.7 Å². The SMILES string of the molecule is CCOC(=O)/C=C(\C)c1ccc(OC)c(OCc2ccccc2)c1. The Morgan fingerprint density at radius 2 is 1.83 bits per heavy atom. The smallest absolute Gasteiger partial charge is 0.331 e. The van der Waals surface area contributed by atoms with Crippen LogP contribution in [0.5, 0.6) is 11.5 Å². The lowest BCUT2D eigenvalue weighted by Gasteiger charge is -2.13. The molecule has 24 heavy (non-hydrogen) atoms. The molecule has 0 heterocycles. The molecule has 0 bridgehead atoms. The number of rotatable bonds is 7. The summed E-state index contributed by atoms with van der Waals surface area (Å²) in [5.41, 5.74) is 2.76. The number of hydrogen-bond donors (Lipinski definition) is 0. The van der Waals surface area contributed by atoms with E-state index in [-0.39, 0.29) is 5.97 Å². The van der Waals surface area contributed by atoms with Gasteiger partial charge in [0.1, 0.15) is 6.61 Å². The summed E-state index contributed by atoms with van der Waals surface area (Å²) in [6, 6.07) is 15.5. The van der Waals surface area contributed by atoms with Crippen molar-refractivity contribution >= 4 is 11.5 Å². The fourth-order valence-electron chi connectivity index (χ4n) is 2.21. The summed E-state index contributed by atoms with van der Waals surface area (Å²) in [4.78, 5) is 11.6. The highest BCUT2D eigenvalue weighted by Crippen LogP contribution is 2.31. The van der Waals surface area contributed by atoms with Crippen LogP contribution >= 0.6 is 0 Å². The number of carbonyl (C=O) groups excluding carboxylic acids is 1. The van der Waals surface area contributed by atoms with E-state index in [0.717, 1.165) is 16.7 Å². The highest BCUT2D eigenvalue weighted by molar-refractivity contribution is 5.91. The lowest BCUT2D eigenvalue weighted by molar-refractivity contribution is -0.137. The third-order valence-corrected chi connectivity index (χ3v) is 3.48. The van der Waals surface area contributed by atoms with Crippen molar-refractivity contribution in [3.63, 3.8) is 0 Å². The Hall–Kier alpha value is -2.75. The van der Waals surface area contributed by atoms with E-state index >= 15 is 0 Å². The van der Waals surface area contributed by atoms with E-state index in [0.29, 0.717) is 24.7 Å². The van der Waals surface area contributed by atoms with E-state index in [1.165, 1.54) is 6.08 Å². The number of carbonyl (C=O) groups is 1. The molecule has 126 valence electrons. The van der Waals surface area contributed by atoms with Gasteiger partial charge in [-0.15, -0.1) is 0 Å². The summed E-state index contributed by atoms with van der Waals surface area (Å²) in [5.74, 6) is 0.937. The number of benzene rings is 2. The molecule has 2 aromatic carbocycles. The van der Waals surface area contributed by atoms with Gasteiger partial charge in [-0.25, -0.2) is 4.79 Å². The minimum atomic E-state index is -0.349. The Morgan fingerprint density at radius 1 is 1.08 bits per heavy atom. The second-order valence-corrected chi connectivity index (χ2v) is 5.22. The Labute approximate surface area is 142 Å². The molecule has 0 aliphatic heterocycles. The number of methoxy groups -OCH3 is 1. The van der Waals surface area contributed by atoms with Crippen molar-refractivity contribution in [2.45, 2.75) is 20.5 Å². The molecule has 4 nitrogen and oxygen atoms in total. The highest BCUT2D eigenvalue weighted by Gasteiger charge is 2.08. The van der Waals surface area contributed by atoms with Gasteiger partial charge < -0.3 is 14.2 Å². The maximum atomic E-state index is 11.6. The topological polar surface area (TPSA) is 44.8 Å². The first-order valence-electron chi connectivity index (χ1n) is 7.84. The van der Waals surface area contributed by atoms with Crippen LogP contribution in [0.25, 0.3) is 5.57 Å². The number of ether oxygens (including phenoxy) is 3. The summed E-state index contributed by atoms with van der Waals surface area (Å²) >= 11 is 0. The lowest BCUT2D eigenvalue weighted by atomic mass is 10.1. The number of allylic oxidation sites excluding steroid dienone is 1. The molecule has 0 aliphatic rings. The van der Waals surface area contributed by atoms with E-state index in [4.69, 9.17) is 14.2 Å². The molecule has 0 radical (unpaired) electrons. The van der Waals surface area contributed by atoms with Crippen LogP contribution in [-0.4, -0.2) is 19.7 Å². The quantitative estimate of drug-likeness (QED) is 0.564. The van der Waals surface area contributed by atoms with Gasteiger partial charge in [-0.3, -0.25) is 0 Å². The average molecular weight is 326 g/mol. The average Bonchev–Trinajstić information content (AvgIpc) is 2.60. The molecule has 0 N–H and O–H groups in total. The van der Waals surface area contributed by atoms with Crippen molar-refractivity contribution in [2.24, 2.45) is 0 Å². The Balaban J connectivity index is 2.19. The Bertz CT molecular complexity index is 705. The van der Waals surface area contributed by atoms with Crippen LogP contribution in [0, 0.1) is 0 Å². The van der Waals surface area contributed by atoms with Crippen LogP contribution < -0.4 is 9.47 Å². The summed E-state index contributed by atoms with van der Waals surface area (Å²) < 4.78 is 16.2. The van der Waals surface area contributed by atoms with E-state index in [2.05, 4.69) is 0 Å². The predicted molar refractivity (Wildman–Crippen MR) is 94.1 cm³/mol. The van der Waals surface area contributed by atoms with E-state index in [9.17, 15) is 4.79 Å². The highest BCUT2D eigenvalue weighted by atomic mass is 16.5. The first kappa shape index (κ1) is 17.6. The second kappa shape index (κ2) is 8.77. The third-order valence-electron chi connectivity index (χ3n) is 3.48. The van der Waals surface area contributed by atoms with Gasteiger partial charge in [-0.1, -0.05) is 36.4 Å². The fourth-order valence-corrected chi connectivity index (χ4v) is 2.21. The van der Waals surface area contributed by atoms with E-state index < -0.39 is 0 Å². The first-order valence-corrected chi connectivity index (χ1v) is 7.84. The molecule has 2 aromatic rings. The largest absolute Gasteiger partial charge is 0.493 e. The molecule has 0 fully saturated rings. The molecule has 0 unspecified atom stereocenters. The zero-order valence-corrected chi connectivity index (χ0v) is 14.2. The van der Waals surface area contributed by atoms with Crippen molar-refractivity contribution in [3.8, 4) is 11.5 Å². The van der Waals surface area contributed by atoms with Gasteiger partial charge in [0.2, 0.25) is 0 Å². The molecular formula is C20H22O4. The Kier molecular flexibility index (Phi) is 6.43. The zero-order chi connectivity index (χ0) is 17.4. The molecule has 0 amide bonds. The van der Waals surface area contributed by atoms with Gasteiger partial charge in [0.15, 0.2) is 11.5 Å². The normalized spacial score (nSPS) is 11.0. The minimum Gasteiger partial charge on any atom is -0.493 e. The first-order chi connectivity index (χ1) is 11.6. The monoisotopic (exact) mass is 326 g/mol. The maximum Gasteiger partial charge on any atom is 0.331 e. The van der Waals surface area contributed by atoms with Gasteiger partial charge in [0.05, 0.1) is 13.7 Å². The Morgan fingerprint density at radius 3 is 2.50 bits per heavy atom. The van der Waals surface area contributed by atoms with E-state index in [1.54, 1.807) is 14.0 Å². The maximum absolute atomic E-state index is 11.6. The van der Waals surface area contributed by atoms with Crippen LogP contribution in [0.2, 0.25) is 0 Å². The van der Waals surface area contributed by atoms with E-state index in [1.807, 2.05) is 55.5 Å². The predicted octanol–water partition coefficient (Wildman–Crippen LogP) is 4.24. The van der Waals surface area contributed by atoms with Crippen molar-refractivity contribution in [1.82, 2.24) is 0 Å². The summed E-state index contributed by atoms with van der Waals surface area (Å²) in [6.45, 7) is 4.45. The van der Waals surface area contributed by atoms with Crippen LogP contribution in [-0.2, 0) is 16.1 Å². The summed E-state index contributed by atoms with van der Waals surface area (Å²) in [5, 5.41) is 0. The van der Waals surface area contributed by atoms with Crippen LogP contribution in [0.3, 0.4) is 0 Å². The standard InChI is InChI=1S/C20H22O4/c1-4-23-20(21)12-15(2)17-10-11-18(22-3)19(13-17)24-14-16-8-6-5-7-9-16/h5-13H,4,14H2,1-3H3/b15-12+. The van der Waals surface area contributed by atoms with Gasteiger partial charge >= 0.3 is 5.97 Å². The second-order valence-electron chi connectivity index (χ2n) is 5.22. The van der Waals surface area contributed by atoms with Crippen LogP contribution in [0.1, 0.15) is 25.0 Å².